The average Bonchev–Trinajstić information content (AvgIpc) is 3.18. The van der Waals surface area contributed by atoms with Gasteiger partial charge in [-0.15, -0.1) is 11.3 Å². The maximum Gasteiger partial charge on any atom is 0.268 e. The van der Waals surface area contributed by atoms with Crippen molar-refractivity contribution in [3.8, 4) is 0 Å². The fourth-order valence-corrected chi connectivity index (χ4v) is 4.56. The molecule has 1 N–H and O–H groups in total. The molecule has 0 aliphatic carbocycles. The Morgan fingerprint density at radius 3 is 3.00 bits per heavy atom. The average molecular weight is 391 g/mol. The molecule has 3 heterocycles. The van der Waals surface area contributed by atoms with Gasteiger partial charge in [0.25, 0.3) is 5.56 Å². The molecule has 4 aromatic rings. The molecular formula is C17H15ClN4OS2. The molecule has 0 spiro atoms. The van der Waals surface area contributed by atoms with E-state index >= 15 is 0 Å². The van der Waals surface area contributed by atoms with E-state index in [1.165, 1.54) is 11.3 Å². The Morgan fingerprint density at radius 2 is 2.16 bits per heavy atom. The summed E-state index contributed by atoms with van der Waals surface area (Å²) in [6.45, 7) is 3.02. The van der Waals surface area contributed by atoms with Crippen LogP contribution < -0.4 is 5.56 Å². The van der Waals surface area contributed by atoms with Crippen LogP contribution in [-0.4, -0.2) is 19.5 Å². The minimum atomic E-state index is -0.0792. The minimum Gasteiger partial charge on any atom is -0.319 e. The normalized spacial score (nSPS) is 11.6. The van der Waals surface area contributed by atoms with Crippen molar-refractivity contribution in [2.45, 2.75) is 30.8 Å². The molecule has 0 aliphatic heterocycles. The van der Waals surface area contributed by atoms with Crippen LogP contribution in [0.5, 0.6) is 0 Å². The molecule has 8 heteroatoms. The summed E-state index contributed by atoms with van der Waals surface area (Å²) in [5.74, 6) is 1.22. The summed E-state index contributed by atoms with van der Waals surface area (Å²) in [5, 5.41) is 3.47. The summed E-state index contributed by atoms with van der Waals surface area (Å²) >= 11 is 9.07. The van der Waals surface area contributed by atoms with Crippen molar-refractivity contribution in [2.75, 3.05) is 0 Å². The third-order valence-corrected chi connectivity index (χ3v) is 5.95. The van der Waals surface area contributed by atoms with Gasteiger partial charge < -0.3 is 9.55 Å². The Kier molecular flexibility index (Phi) is 4.54. The van der Waals surface area contributed by atoms with E-state index in [0.717, 1.165) is 34.7 Å². The number of hydrogen-bond acceptors (Lipinski definition) is 5. The summed E-state index contributed by atoms with van der Waals surface area (Å²) in [7, 11) is 0. The van der Waals surface area contributed by atoms with E-state index in [1.54, 1.807) is 11.8 Å². The van der Waals surface area contributed by atoms with Crippen LogP contribution in [-0.2, 0) is 12.3 Å². The van der Waals surface area contributed by atoms with Crippen molar-refractivity contribution in [1.29, 1.82) is 0 Å². The Balaban J connectivity index is 1.67. The summed E-state index contributed by atoms with van der Waals surface area (Å²) < 4.78 is 2.86. The zero-order valence-corrected chi connectivity index (χ0v) is 15.8. The van der Waals surface area contributed by atoms with Crippen LogP contribution in [0.1, 0.15) is 19.2 Å². The third kappa shape index (κ3) is 3.19. The molecule has 3 aromatic heterocycles. The van der Waals surface area contributed by atoms with E-state index in [4.69, 9.17) is 16.6 Å². The molecule has 1 aromatic carbocycles. The number of hydrogen-bond donors (Lipinski definition) is 1. The highest BCUT2D eigenvalue weighted by Gasteiger charge is 2.13. The van der Waals surface area contributed by atoms with Gasteiger partial charge in [0, 0.05) is 11.6 Å². The molecule has 0 aliphatic rings. The molecule has 0 bridgehead atoms. The molecule has 0 amide bonds. The Labute approximate surface area is 157 Å². The lowest BCUT2D eigenvalue weighted by Crippen LogP contribution is -2.09. The maximum atomic E-state index is 12.1. The van der Waals surface area contributed by atoms with E-state index in [1.807, 2.05) is 29.6 Å². The number of aromatic nitrogens is 4. The first-order chi connectivity index (χ1) is 12.2. The van der Waals surface area contributed by atoms with Gasteiger partial charge in [-0.25, -0.2) is 9.97 Å². The molecule has 128 valence electrons. The lowest BCUT2D eigenvalue weighted by molar-refractivity contribution is 0.638. The lowest BCUT2D eigenvalue weighted by atomic mass is 10.3. The highest BCUT2D eigenvalue weighted by atomic mass is 35.5. The highest BCUT2D eigenvalue weighted by molar-refractivity contribution is 7.98. The van der Waals surface area contributed by atoms with Crippen molar-refractivity contribution < 1.29 is 0 Å². The Bertz CT molecular complexity index is 1110. The van der Waals surface area contributed by atoms with E-state index in [-0.39, 0.29) is 5.56 Å². The van der Waals surface area contributed by atoms with E-state index in [9.17, 15) is 4.79 Å². The monoisotopic (exact) mass is 390 g/mol. The number of H-pyrrole nitrogens is 1. The zero-order chi connectivity index (χ0) is 17.4. The Morgan fingerprint density at radius 1 is 1.28 bits per heavy atom. The van der Waals surface area contributed by atoms with Crippen LogP contribution in [0.4, 0.5) is 0 Å². The second kappa shape index (κ2) is 6.82. The van der Waals surface area contributed by atoms with E-state index < -0.39 is 0 Å². The van der Waals surface area contributed by atoms with Gasteiger partial charge in [0.15, 0.2) is 5.16 Å². The van der Waals surface area contributed by atoms with Gasteiger partial charge >= 0.3 is 0 Å². The molecule has 4 rings (SSSR count). The number of benzene rings is 1. The van der Waals surface area contributed by atoms with Crippen LogP contribution in [0.15, 0.2) is 39.6 Å². The minimum absolute atomic E-state index is 0.0792. The number of aryl methyl sites for hydroxylation is 1. The van der Waals surface area contributed by atoms with Crippen LogP contribution in [0.2, 0.25) is 5.02 Å². The summed E-state index contributed by atoms with van der Waals surface area (Å²) in [4.78, 5) is 24.2. The van der Waals surface area contributed by atoms with Gasteiger partial charge in [0.2, 0.25) is 0 Å². The van der Waals surface area contributed by atoms with Crippen LogP contribution >= 0.6 is 34.7 Å². The first-order valence-corrected chi connectivity index (χ1v) is 10.1. The SMILES string of the molecule is CCCn1c(SCc2nc3ccsc3c(=O)[nH]2)nc2cc(Cl)ccc21. The number of thioether (sulfide) groups is 1. The largest absolute Gasteiger partial charge is 0.319 e. The number of halogens is 1. The molecule has 0 saturated carbocycles. The van der Waals surface area contributed by atoms with Gasteiger partial charge in [-0.3, -0.25) is 4.79 Å². The topological polar surface area (TPSA) is 63.6 Å². The number of fused-ring (bicyclic) bond motifs is 2. The number of nitrogens with one attached hydrogen (secondary N) is 1. The number of nitrogens with zero attached hydrogens (tertiary/aromatic N) is 3. The van der Waals surface area contributed by atoms with E-state index in [0.29, 0.717) is 21.3 Å². The van der Waals surface area contributed by atoms with E-state index in [2.05, 4.69) is 21.5 Å². The van der Waals surface area contributed by atoms with Crippen LogP contribution in [0, 0.1) is 0 Å². The smallest absolute Gasteiger partial charge is 0.268 e. The first-order valence-electron chi connectivity index (χ1n) is 7.90. The summed E-state index contributed by atoms with van der Waals surface area (Å²) in [6.07, 6.45) is 1.01. The van der Waals surface area contributed by atoms with Gasteiger partial charge in [0.05, 0.1) is 22.3 Å². The second-order valence-electron chi connectivity index (χ2n) is 5.62. The number of aromatic amines is 1. The van der Waals surface area contributed by atoms with Gasteiger partial charge in [-0.05, 0) is 36.1 Å². The standard InChI is InChI=1S/C17H15ClN4OS2/c1-2-6-22-13-4-3-10(18)8-12(13)20-17(22)25-9-14-19-11-5-7-24-15(11)16(23)21-14/h3-5,7-8H,2,6,9H2,1H3,(H,19,21,23). The lowest BCUT2D eigenvalue weighted by Gasteiger charge is -2.07. The first kappa shape index (κ1) is 16.6. The van der Waals surface area contributed by atoms with Crippen molar-refractivity contribution in [2.24, 2.45) is 0 Å². The second-order valence-corrected chi connectivity index (χ2v) is 7.91. The number of rotatable bonds is 5. The summed E-state index contributed by atoms with van der Waals surface area (Å²) in [6, 6.07) is 7.64. The number of imidazole rings is 1. The predicted molar refractivity (Wildman–Crippen MR) is 105 cm³/mol. The van der Waals surface area contributed by atoms with Crippen LogP contribution in [0.3, 0.4) is 0 Å². The van der Waals surface area contributed by atoms with Crippen LogP contribution in [0.25, 0.3) is 21.3 Å². The molecule has 0 unspecified atom stereocenters. The van der Waals surface area contributed by atoms with Crippen molar-refractivity contribution in [1.82, 2.24) is 19.5 Å². The molecule has 5 nitrogen and oxygen atoms in total. The molecule has 0 radical (unpaired) electrons. The van der Waals surface area contributed by atoms with Crippen molar-refractivity contribution in [3.63, 3.8) is 0 Å². The van der Waals surface area contributed by atoms with Crippen molar-refractivity contribution in [3.05, 3.63) is 50.8 Å². The van der Waals surface area contributed by atoms with Gasteiger partial charge in [-0.1, -0.05) is 30.3 Å². The third-order valence-electron chi connectivity index (χ3n) is 3.82. The fourth-order valence-electron chi connectivity index (χ4n) is 2.75. The summed E-state index contributed by atoms with van der Waals surface area (Å²) in [5.41, 5.74) is 2.63. The van der Waals surface area contributed by atoms with Gasteiger partial charge in [0.1, 0.15) is 10.5 Å². The molecule has 0 fully saturated rings. The molecule has 0 saturated heterocycles. The quantitative estimate of drug-likeness (QED) is 0.502. The molecule has 0 atom stereocenters. The van der Waals surface area contributed by atoms with Gasteiger partial charge in [-0.2, -0.15) is 0 Å². The fraction of sp³-hybridized carbons (Fsp3) is 0.235. The highest BCUT2D eigenvalue weighted by Crippen LogP contribution is 2.28. The predicted octanol–water partition coefficient (Wildman–Crippen LogP) is 4.69. The maximum absolute atomic E-state index is 12.1. The number of thiophene rings is 1. The zero-order valence-electron chi connectivity index (χ0n) is 13.5. The molecular weight excluding hydrogens is 376 g/mol. The molecule has 25 heavy (non-hydrogen) atoms. The van der Waals surface area contributed by atoms with Crippen molar-refractivity contribution >= 4 is 55.9 Å². The Hall–Kier alpha value is -1.83.